The maximum absolute atomic E-state index is 13.0. The van der Waals surface area contributed by atoms with Crippen LogP contribution >= 0.6 is 0 Å². The van der Waals surface area contributed by atoms with Crippen LogP contribution in [0.3, 0.4) is 0 Å². The largest absolute Gasteiger partial charge is 0.493 e. The second-order valence-corrected chi connectivity index (χ2v) is 6.12. The van der Waals surface area contributed by atoms with Crippen LogP contribution in [0.25, 0.3) is 0 Å². The maximum Gasteiger partial charge on any atom is 0.339 e. The second-order valence-electron chi connectivity index (χ2n) is 6.12. The van der Waals surface area contributed by atoms with Crippen molar-refractivity contribution in [2.24, 2.45) is 0 Å². The third-order valence-electron chi connectivity index (χ3n) is 4.53. The molecule has 0 aliphatic carbocycles. The smallest absolute Gasteiger partial charge is 0.339 e. The van der Waals surface area contributed by atoms with Crippen molar-refractivity contribution in [3.8, 4) is 17.2 Å². The van der Waals surface area contributed by atoms with E-state index < -0.39 is 12.1 Å². The number of esters is 1. The van der Waals surface area contributed by atoms with Gasteiger partial charge < -0.3 is 23.8 Å². The number of hydrogen-bond donors (Lipinski definition) is 0. The first-order chi connectivity index (χ1) is 14.0. The second kappa shape index (κ2) is 10.4. The summed E-state index contributed by atoms with van der Waals surface area (Å²) >= 11 is 0. The Morgan fingerprint density at radius 1 is 0.897 bits per heavy atom. The van der Waals surface area contributed by atoms with Gasteiger partial charge in [-0.05, 0) is 26.0 Å². The number of ether oxygens (including phenoxy) is 4. The Morgan fingerprint density at radius 2 is 1.45 bits per heavy atom. The third kappa shape index (κ3) is 4.99. The predicted octanol–water partition coefficient (Wildman–Crippen LogP) is 3.48. The van der Waals surface area contributed by atoms with Crippen LogP contribution in [0.2, 0.25) is 0 Å². The van der Waals surface area contributed by atoms with Gasteiger partial charge in [-0.2, -0.15) is 0 Å². The van der Waals surface area contributed by atoms with Gasteiger partial charge in [-0.25, -0.2) is 4.79 Å². The van der Waals surface area contributed by atoms with Gasteiger partial charge in [0.2, 0.25) is 11.9 Å². The molecule has 7 nitrogen and oxygen atoms in total. The highest BCUT2D eigenvalue weighted by atomic mass is 16.6. The Hall–Kier alpha value is -3.22. The standard InChI is InChI=1S/C22H27NO6/c1-6-23(7-2)21(24)19(15-11-9-8-10-12-15)29-22(25)16-13-17(26-3)20(28-5)18(14-16)27-4/h8-14,19H,6-7H2,1-5H3/t19-/m0/s1. The molecule has 0 aliphatic rings. The van der Waals surface area contributed by atoms with Gasteiger partial charge in [0.15, 0.2) is 11.5 Å². The van der Waals surface area contributed by atoms with Crippen LogP contribution in [0.5, 0.6) is 17.2 Å². The highest BCUT2D eigenvalue weighted by Gasteiger charge is 2.29. The fourth-order valence-corrected chi connectivity index (χ4v) is 2.96. The van der Waals surface area contributed by atoms with Crippen LogP contribution in [0.4, 0.5) is 0 Å². The number of methoxy groups -OCH3 is 3. The summed E-state index contributed by atoms with van der Waals surface area (Å²) in [4.78, 5) is 27.5. The van der Waals surface area contributed by atoms with E-state index in [0.29, 0.717) is 35.9 Å². The summed E-state index contributed by atoms with van der Waals surface area (Å²) in [6.07, 6.45) is -1.05. The van der Waals surface area contributed by atoms with Crippen molar-refractivity contribution in [2.45, 2.75) is 20.0 Å². The zero-order chi connectivity index (χ0) is 21.4. The van der Waals surface area contributed by atoms with Crippen molar-refractivity contribution in [3.63, 3.8) is 0 Å². The number of carbonyl (C=O) groups is 2. The minimum absolute atomic E-state index is 0.188. The first-order valence-electron chi connectivity index (χ1n) is 9.35. The fourth-order valence-electron chi connectivity index (χ4n) is 2.96. The average Bonchev–Trinajstić information content (AvgIpc) is 2.77. The zero-order valence-corrected chi connectivity index (χ0v) is 17.4. The Morgan fingerprint density at radius 3 is 1.90 bits per heavy atom. The predicted molar refractivity (Wildman–Crippen MR) is 109 cm³/mol. The lowest BCUT2D eigenvalue weighted by Crippen LogP contribution is -2.36. The van der Waals surface area contributed by atoms with Crippen molar-refractivity contribution in [2.75, 3.05) is 34.4 Å². The van der Waals surface area contributed by atoms with Crippen LogP contribution in [0, 0.1) is 0 Å². The molecule has 0 aromatic heterocycles. The highest BCUT2D eigenvalue weighted by molar-refractivity contribution is 5.94. The van der Waals surface area contributed by atoms with E-state index in [1.807, 2.05) is 19.9 Å². The molecule has 7 heteroatoms. The van der Waals surface area contributed by atoms with Gasteiger partial charge in [-0.3, -0.25) is 4.79 Å². The number of nitrogens with zero attached hydrogens (tertiary/aromatic N) is 1. The van der Waals surface area contributed by atoms with Crippen molar-refractivity contribution in [3.05, 3.63) is 53.6 Å². The lowest BCUT2D eigenvalue weighted by atomic mass is 10.1. The quantitative estimate of drug-likeness (QED) is 0.599. The Balaban J connectivity index is 2.41. The molecule has 1 amide bonds. The summed E-state index contributed by atoms with van der Waals surface area (Å²) in [7, 11) is 4.40. The molecule has 2 rings (SSSR count). The Kier molecular flexibility index (Phi) is 7.88. The Labute approximate surface area is 171 Å². The van der Waals surface area contributed by atoms with Crippen molar-refractivity contribution in [1.29, 1.82) is 0 Å². The molecule has 0 N–H and O–H groups in total. The lowest BCUT2D eigenvalue weighted by Gasteiger charge is -2.25. The first-order valence-corrected chi connectivity index (χ1v) is 9.35. The molecular formula is C22H27NO6. The topological polar surface area (TPSA) is 74.3 Å². The molecule has 0 bridgehead atoms. The van der Waals surface area contributed by atoms with Crippen LogP contribution in [-0.4, -0.2) is 51.2 Å². The van der Waals surface area contributed by atoms with Crippen molar-refractivity contribution < 1.29 is 28.5 Å². The molecule has 1 atom stereocenters. The van der Waals surface area contributed by atoms with Gasteiger partial charge in [-0.1, -0.05) is 30.3 Å². The molecule has 0 unspecified atom stereocenters. The lowest BCUT2D eigenvalue weighted by molar-refractivity contribution is -0.140. The summed E-state index contributed by atoms with van der Waals surface area (Å²) in [5, 5.41) is 0. The Bertz CT molecular complexity index is 807. The molecule has 0 heterocycles. The van der Waals surface area contributed by atoms with Gasteiger partial charge in [0.1, 0.15) is 0 Å². The van der Waals surface area contributed by atoms with E-state index >= 15 is 0 Å². The normalized spacial score (nSPS) is 11.3. The van der Waals surface area contributed by atoms with E-state index in [0.717, 1.165) is 0 Å². The summed E-state index contributed by atoms with van der Waals surface area (Å²) in [6.45, 7) is 4.79. The van der Waals surface area contributed by atoms with E-state index in [9.17, 15) is 9.59 Å². The van der Waals surface area contributed by atoms with Crippen LogP contribution in [0.15, 0.2) is 42.5 Å². The molecule has 0 saturated heterocycles. The molecule has 29 heavy (non-hydrogen) atoms. The van der Waals surface area contributed by atoms with Gasteiger partial charge in [-0.15, -0.1) is 0 Å². The molecule has 0 radical (unpaired) electrons. The van der Waals surface area contributed by atoms with E-state index in [2.05, 4.69) is 0 Å². The minimum atomic E-state index is -1.05. The molecule has 2 aromatic rings. The molecule has 0 aliphatic heterocycles. The van der Waals surface area contributed by atoms with Gasteiger partial charge in [0, 0.05) is 18.7 Å². The highest BCUT2D eigenvalue weighted by Crippen LogP contribution is 2.38. The van der Waals surface area contributed by atoms with E-state index in [4.69, 9.17) is 18.9 Å². The molecule has 2 aromatic carbocycles. The van der Waals surface area contributed by atoms with E-state index in [1.165, 1.54) is 33.5 Å². The van der Waals surface area contributed by atoms with Gasteiger partial charge in [0.25, 0.3) is 5.91 Å². The number of amides is 1. The van der Waals surface area contributed by atoms with E-state index in [-0.39, 0.29) is 11.5 Å². The fraction of sp³-hybridized carbons (Fsp3) is 0.364. The number of hydrogen-bond acceptors (Lipinski definition) is 6. The zero-order valence-electron chi connectivity index (χ0n) is 17.4. The number of likely N-dealkylation sites (N-methyl/N-ethyl adjacent to an activating group) is 1. The number of rotatable bonds is 9. The van der Waals surface area contributed by atoms with Crippen molar-refractivity contribution in [1.82, 2.24) is 4.90 Å². The summed E-state index contributed by atoms with van der Waals surface area (Å²) in [6, 6.07) is 11.9. The van der Waals surface area contributed by atoms with Gasteiger partial charge >= 0.3 is 5.97 Å². The van der Waals surface area contributed by atoms with Crippen LogP contribution < -0.4 is 14.2 Å². The third-order valence-corrected chi connectivity index (χ3v) is 4.53. The molecule has 0 spiro atoms. The van der Waals surface area contributed by atoms with Crippen LogP contribution in [-0.2, 0) is 9.53 Å². The number of benzene rings is 2. The molecule has 0 saturated carbocycles. The molecular weight excluding hydrogens is 374 g/mol. The summed E-state index contributed by atoms with van der Waals surface area (Å²) in [5.41, 5.74) is 0.790. The SMILES string of the molecule is CCN(CC)C(=O)[C@@H](OC(=O)c1cc(OC)c(OC)c(OC)c1)c1ccccc1. The summed E-state index contributed by atoms with van der Waals surface area (Å²) in [5.74, 6) is 0.0706. The monoisotopic (exact) mass is 401 g/mol. The first kappa shape index (κ1) is 22.1. The number of carbonyl (C=O) groups excluding carboxylic acids is 2. The van der Waals surface area contributed by atoms with E-state index in [1.54, 1.807) is 29.2 Å². The molecule has 156 valence electrons. The maximum atomic E-state index is 13.0. The average molecular weight is 401 g/mol. The molecule has 0 fully saturated rings. The van der Waals surface area contributed by atoms with Gasteiger partial charge in [0.05, 0.1) is 26.9 Å². The summed E-state index contributed by atoms with van der Waals surface area (Å²) < 4.78 is 21.5. The van der Waals surface area contributed by atoms with Crippen LogP contribution in [0.1, 0.15) is 35.9 Å². The van der Waals surface area contributed by atoms with Crippen molar-refractivity contribution >= 4 is 11.9 Å². The minimum Gasteiger partial charge on any atom is -0.493 e.